The molecule has 0 saturated heterocycles. The first kappa shape index (κ1) is 32.1. The Morgan fingerprint density at radius 3 is 0.800 bits per heavy atom. The first-order valence-electron chi connectivity index (χ1n) is 15.1. The summed E-state index contributed by atoms with van der Waals surface area (Å²) < 4.78 is 40.5. The van der Waals surface area contributed by atoms with Gasteiger partial charge in [-0.3, -0.25) is 0 Å². The normalized spacial score (nSPS) is 14.1. The van der Waals surface area contributed by atoms with Crippen molar-refractivity contribution in [3.63, 3.8) is 0 Å². The van der Waals surface area contributed by atoms with Gasteiger partial charge in [0.2, 0.25) is 0 Å². The first-order chi connectivity index (χ1) is 22.0. The Kier molecular flexibility index (Phi) is 10.8. The maximum absolute atomic E-state index is 16.0. The molecule has 0 fully saturated rings. The van der Waals surface area contributed by atoms with Crippen LogP contribution in [-0.2, 0) is 7.48 Å². The number of benzene rings is 6. The van der Waals surface area contributed by atoms with Crippen molar-refractivity contribution in [1.29, 1.82) is 0 Å². The molecule has 0 spiro atoms. The Balaban J connectivity index is 1.49. The Bertz CT molecular complexity index is 1650. The van der Waals surface area contributed by atoms with Crippen molar-refractivity contribution in [2.24, 2.45) is 0 Å². The second-order valence-electron chi connectivity index (χ2n) is 11.1. The fourth-order valence-electron chi connectivity index (χ4n) is 5.70. The molecule has 6 aromatic carbocycles. The molecule has 0 aromatic heterocycles. The van der Waals surface area contributed by atoms with Gasteiger partial charge in [-0.1, -0.05) is 0 Å². The number of rotatable bonds is 12. The Morgan fingerprint density at radius 1 is 0.333 bits per heavy atom. The standard InChI is InChI=1S/C39H36As4O2/c44-42(38-27-15-5-16-28-38,31-40(34-19-7-1-8-20-34)35-21-9-2-10-22-35)33-43(45,39-29-17-6-18-30-39)32-41(36-23-11-3-12-24-36)37-25-13-4-14-26-37/h1-30H,31-33H2/q+2. The van der Waals surface area contributed by atoms with E-state index in [2.05, 4.69) is 97.1 Å². The molecule has 6 aromatic rings. The van der Waals surface area contributed by atoms with Gasteiger partial charge in [-0.2, -0.15) is 0 Å². The molecule has 2 nitrogen and oxygen atoms in total. The van der Waals surface area contributed by atoms with Crippen molar-refractivity contribution in [2.75, 3.05) is 0 Å². The van der Waals surface area contributed by atoms with Crippen molar-refractivity contribution in [1.82, 2.24) is 0 Å². The molecule has 0 saturated carbocycles. The van der Waals surface area contributed by atoms with Crippen LogP contribution in [0.25, 0.3) is 0 Å². The molecule has 0 aliphatic carbocycles. The summed E-state index contributed by atoms with van der Waals surface area (Å²) in [7, 11) is 0. The van der Waals surface area contributed by atoms with Crippen molar-refractivity contribution in [2.45, 2.75) is 12.0 Å². The van der Waals surface area contributed by atoms with Gasteiger partial charge in [-0.05, 0) is 0 Å². The fourth-order valence-corrected chi connectivity index (χ4v) is 65.3. The van der Waals surface area contributed by atoms with Crippen LogP contribution in [0, 0.1) is 0 Å². The van der Waals surface area contributed by atoms with E-state index in [1.807, 2.05) is 84.9 Å². The summed E-state index contributed by atoms with van der Waals surface area (Å²) in [6.07, 6.45) is 0. The van der Waals surface area contributed by atoms with Gasteiger partial charge in [0.1, 0.15) is 0 Å². The van der Waals surface area contributed by atoms with Gasteiger partial charge in [0, 0.05) is 0 Å². The van der Waals surface area contributed by atoms with E-state index >= 15 is 7.48 Å². The Labute approximate surface area is 281 Å². The van der Waals surface area contributed by atoms with E-state index < -0.39 is 56.3 Å². The zero-order chi connectivity index (χ0) is 31.0. The topological polar surface area (TPSA) is 34.1 Å². The predicted molar refractivity (Wildman–Crippen MR) is 195 cm³/mol. The van der Waals surface area contributed by atoms with E-state index in [9.17, 15) is 0 Å². The van der Waals surface area contributed by atoms with Crippen molar-refractivity contribution >= 4 is 82.4 Å². The molecule has 2 unspecified atom stereocenters. The van der Waals surface area contributed by atoms with Crippen molar-refractivity contribution in [3.05, 3.63) is 182 Å². The summed E-state index contributed by atoms with van der Waals surface area (Å²) in [5.74, 6) is 0. The van der Waals surface area contributed by atoms with Crippen LogP contribution in [0.2, 0.25) is 12.0 Å². The molecule has 0 aliphatic rings. The van der Waals surface area contributed by atoms with Gasteiger partial charge in [0.15, 0.2) is 0 Å². The molecule has 0 N–H and O–H groups in total. The van der Waals surface area contributed by atoms with Gasteiger partial charge < -0.3 is 0 Å². The van der Waals surface area contributed by atoms with Crippen LogP contribution in [0.3, 0.4) is 0 Å². The van der Waals surface area contributed by atoms with Crippen LogP contribution in [0.5, 0.6) is 0 Å². The molecule has 2 radical (unpaired) electrons. The second-order valence-corrected chi connectivity index (χ2v) is 39.7. The van der Waals surface area contributed by atoms with Crippen LogP contribution in [0.1, 0.15) is 0 Å². The van der Waals surface area contributed by atoms with Crippen molar-refractivity contribution in [3.8, 4) is 0 Å². The zero-order valence-electron chi connectivity index (χ0n) is 25.0. The molecule has 0 heterocycles. The molecule has 6 rings (SSSR count). The summed E-state index contributed by atoms with van der Waals surface area (Å²) in [4.78, 5) is 0. The van der Waals surface area contributed by atoms with E-state index in [4.69, 9.17) is 0 Å². The molecule has 0 amide bonds. The van der Waals surface area contributed by atoms with E-state index in [1.54, 1.807) is 0 Å². The molecule has 0 aliphatic heterocycles. The Hall–Kier alpha value is -2.85. The fraction of sp³-hybridized carbons (Fsp3) is 0.0769. The minimum atomic E-state index is -4.02. The van der Waals surface area contributed by atoms with Crippen LogP contribution < -0.4 is 26.1 Å². The van der Waals surface area contributed by atoms with Crippen LogP contribution in [0.15, 0.2) is 182 Å². The van der Waals surface area contributed by atoms with E-state index in [-0.39, 0.29) is 0 Å². The van der Waals surface area contributed by atoms with Crippen LogP contribution in [0.4, 0.5) is 0 Å². The van der Waals surface area contributed by atoms with Gasteiger partial charge in [-0.25, -0.2) is 0 Å². The third-order valence-corrected chi connectivity index (χ3v) is 52.0. The van der Waals surface area contributed by atoms with Gasteiger partial charge in [0.25, 0.3) is 0 Å². The second kappa shape index (κ2) is 15.2. The molecular weight excluding hydrogens is 800 g/mol. The first-order valence-corrected chi connectivity index (χ1v) is 30.2. The van der Waals surface area contributed by atoms with E-state index in [0.29, 0.717) is 12.0 Å². The van der Waals surface area contributed by atoms with Crippen molar-refractivity contribution < 1.29 is 7.48 Å². The molecule has 222 valence electrons. The molecule has 2 atom stereocenters. The number of hydrogen-bond donors (Lipinski definition) is 0. The van der Waals surface area contributed by atoms with Crippen LogP contribution in [-0.4, -0.2) is 56.3 Å². The minimum absolute atomic E-state index is 0.320. The summed E-state index contributed by atoms with van der Waals surface area (Å²) in [6.45, 7) is 0. The zero-order valence-corrected chi connectivity index (χ0v) is 32.6. The summed E-state index contributed by atoms with van der Waals surface area (Å²) in [5.41, 5.74) is 0. The van der Waals surface area contributed by atoms with E-state index in [0.717, 1.165) is 8.70 Å². The molecular formula is C39H36As4O2+2. The number of hydrogen-bond acceptors (Lipinski definition) is 2. The van der Waals surface area contributed by atoms with E-state index in [1.165, 1.54) is 17.4 Å². The maximum atomic E-state index is 16.0. The SMILES string of the molecule is O=[As](C[As+](c1ccccc1)c1ccccc1)(C[As](=O)(C[As+](c1ccccc1)c1ccccc1)c1ccccc1)c1ccccc1. The van der Waals surface area contributed by atoms with Gasteiger partial charge in [0.05, 0.1) is 0 Å². The third kappa shape index (κ3) is 7.94. The van der Waals surface area contributed by atoms with Gasteiger partial charge in [-0.15, -0.1) is 0 Å². The van der Waals surface area contributed by atoms with Crippen LogP contribution >= 0.6 is 0 Å². The average molecular weight is 836 g/mol. The third-order valence-electron chi connectivity index (χ3n) is 7.92. The summed E-state index contributed by atoms with van der Waals surface area (Å²) >= 11 is -12.1. The quantitative estimate of drug-likeness (QED) is 0.167. The Morgan fingerprint density at radius 2 is 0.556 bits per heavy atom. The predicted octanol–water partition coefficient (Wildman–Crippen LogP) is 4.79. The average Bonchev–Trinajstić information content (AvgIpc) is 3.12. The monoisotopic (exact) mass is 836 g/mol. The molecule has 6 heteroatoms. The van der Waals surface area contributed by atoms with Gasteiger partial charge >= 0.3 is 284 Å². The summed E-state index contributed by atoms with van der Waals surface area (Å²) in [5, 5.41) is 0. The molecule has 0 bridgehead atoms. The summed E-state index contributed by atoms with van der Waals surface area (Å²) in [6, 6.07) is 62.7. The molecule has 45 heavy (non-hydrogen) atoms.